The molecule has 0 bridgehead atoms. The summed E-state index contributed by atoms with van der Waals surface area (Å²) in [6, 6.07) is 0. The second-order valence-corrected chi connectivity index (χ2v) is 4.42. The monoisotopic (exact) mass is 250 g/mol. The fourth-order valence-electron chi connectivity index (χ4n) is 1.88. The molecule has 0 amide bonds. The van der Waals surface area contributed by atoms with Crippen molar-refractivity contribution in [3.63, 3.8) is 0 Å². The van der Waals surface area contributed by atoms with Crippen LogP contribution in [0.2, 0.25) is 0 Å². The SMILES string of the molecule is CC1C(O)CC(O)(C=O)OC1C(O)[C@H](O)CO. The van der Waals surface area contributed by atoms with Gasteiger partial charge in [-0.15, -0.1) is 0 Å². The normalized spacial score (nSPS) is 41.9. The van der Waals surface area contributed by atoms with Gasteiger partial charge in [0.15, 0.2) is 6.29 Å². The molecule has 0 spiro atoms. The van der Waals surface area contributed by atoms with Crippen molar-refractivity contribution in [3.05, 3.63) is 0 Å². The fraction of sp³-hybridized carbons (Fsp3) is 0.900. The standard InChI is InChI=1S/C10H18O7/c1-5-6(13)2-10(16,4-12)17-9(5)8(15)7(14)3-11/h4-9,11,13-16H,2-3H2,1H3/t5?,6?,7-,8?,9?,10?/m1/s1. The van der Waals surface area contributed by atoms with Crippen molar-refractivity contribution in [3.8, 4) is 0 Å². The summed E-state index contributed by atoms with van der Waals surface area (Å²) < 4.78 is 5.00. The van der Waals surface area contributed by atoms with E-state index in [0.29, 0.717) is 0 Å². The highest BCUT2D eigenvalue weighted by Crippen LogP contribution is 2.32. The highest BCUT2D eigenvalue weighted by atomic mass is 16.6. The molecule has 100 valence electrons. The average Bonchev–Trinajstić information content (AvgIpc) is 2.32. The zero-order valence-corrected chi connectivity index (χ0v) is 9.43. The third-order valence-electron chi connectivity index (χ3n) is 3.07. The van der Waals surface area contributed by atoms with E-state index >= 15 is 0 Å². The van der Waals surface area contributed by atoms with Crippen LogP contribution in [0.15, 0.2) is 0 Å². The molecule has 1 rings (SSSR count). The molecule has 1 fully saturated rings. The molecule has 7 nitrogen and oxygen atoms in total. The molecule has 1 aliphatic rings. The molecule has 6 atom stereocenters. The van der Waals surface area contributed by atoms with E-state index < -0.39 is 42.7 Å². The van der Waals surface area contributed by atoms with Crippen LogP contribution >= 0.6 is 0 Å². The first-order valence-corrected chi connectivity index (χ1v) is 5.36. The summed E-state index contributed by atoms with van der Waals surface area (Å²) in [5.41, 5.74) is 0. The number of aliphatic hydroxyl groups is 5. The largest absolute Gasteiger partial charge is 0.394 e. The van der Waals surface area contributed by atoms with Gasteiger partial charge in [0.05, 0.1) is 18.8 Å². The zero-order valence-electron chi connectivity index (χ0n) is 9.43. The summed E-state index contributed by atoms with van der Waals surface area (Å²) in [5.74, 6) is -2.77. The summed E-state index contributed by atoms with van der Waals surface area (Å²) in [7, 11) is 0. The number of hydrogen-bond donors (Lipinski definition) is 5. The molecule has 7 heteroatoms. The summed E-state index contributed by atoms with van der Waals surface area (Å²) in [4.78, 5) is 10.7. The minimum absolute atomic E-state index is 0.132. The lowest BCUT2D eigenvalue weighted by Crippen LogP contribution is -2.58. The van der Waals surface area contributed by atoms with Crippen LogP contribution in [0, 0.1) is 5.92 Å². The van der Waals surface area contributed by atoms with Crippen LogP contribution in [-0.4, -0.2) is 68.6 Å². The minimum atomic E-state index is -2.17. The summed E-state index contributed by atoms with van der Waals surface area (Å²) in [6.07, 6.45) is -5.33. The molecule has 0 aliphatic carbocycles. The molecule has 0 saturated carbocycles. The van der Waals surface area contributed by atoms with Crippen LogP contribution in [0.3, 0.4) is 0 Å². The molecule has 1 aliphatic heterocycles. The Labute approximate surface area is 98.3 Å². The highest BCUT2D eigenvalue weighted by molar-refractivity contribution is 5.60. The Morgan fingerprint density at radius 1 is 1.53 bits per heavy atom. The average molecular weight is 250 g/mol. The molecular weight excluding hydrogens is 232 g/mol. The maximum absolute atomic E-state index is 10.7. The molecule has 1 heterocycles. The van der Waals surface area contributed by atoms with E-state index in [1.54, 1.807) is 6.92 Å². The summed E-state index contributed by atoms with van der Waals surface area (Å²) in [5, 5.41) is 47.0. The second kappa shape index (κ2) is 5.38. The Balaban J connectivity index is 2.85. The quantitative estimate of drug-likeness (QED) is 0.345. The van der Waals surface area contributed by atoms with Gasteiger partial charge < -0.3 is 30.3 Å². The van der Waals surface area contributed by atoms with Crippen molar-refractivity contribution in [1.82, 2.24) is 0 Å². The lowest BCUT2D eigenvalue weighted by molar-refractivity contribution is -0.287. The Hall–Kier alpha value is -0.570. The van der Waals surface area contributed by atoms with E-state index in [1.165, 1.54) is 0 Å². The lowest BCUT2D eigenvalue weighted by atomic mass is 9.85. The van der Waals surface area contributed by atoms with Gasteiger partial charge in [-0.2, -0.15) is 0 Å². The number of rotatable bonds is 4. The van der Waals surface area contributed by atoms with Crippen molar-refractivity contribution >= 4 is 6.29 Å². The Bertz CT molecular complexity index is 271. The first kappa shape index (κ1) is 14.5. The topological polar surface area (TPSA) is 127 Å². The van der Waals surface area contributed by atoms with E-state index in [9.17, 15) is 25.2 Å². The van der Waals surface area contributed by atoms with Crippen LogP contribution in [0.25, 0.3) is 0 Å². The number of carbonyl (C=O) groups is 1. The number of aldehydes is 1. The van der Waals surface area contributed by atoms with Crippen molar-refractivity contribution in [2.24, 2.45) is 5.92 Å². The van der Waals surface area contributed by atoms with Crippen molar-refractivity contribution in [1.29, 1.82) is 0 Å². The second-order valence-electron chi connectivity index (χ2n) is 4.42. The van der Waals surface area contributed by atoms with Crippen molar-refractivity contribution in [2.45, 2.75) is 43.5 Å². The zero-order chi connectivity index (χ0) is 13.2. The van der Waals surface area contributed by atoms with Crippen molar-refractivity contribution < 1.29 is 35.1 Å². The maximum Gasteiger partial charge on any atom is 0.226 e. The van der Waals surface area contributed by atoms with Gasteiger partial charge in [-0.25, -0.2) is 0 Å². The van der Waals surface area contributed by atoms with Gasteiger partial charge in [0.25, 0.3) is 0 Å². The molecule has 0 radical (unpaired) electrons. The van der Waals surface area contributed by atoms with Gasteiger partial charge >= 0.3 is 0 Å². The highest BCUT2D eigenvalue weighted by Gasteiger charge is 2.47. The van der Waals surface area contributed by atoms with Gasteiger partial charge in [0.2, 0.25) is 5.79 Å². The Morgan fingerprint density at radius 3 is 2.59 bits per heavy atom. The molecule has 0 aromatic heterocycles. The van der Waals surface area contributed by atoms with E-state index in [2.05, 4.69) is 0 Å². The lowest BCUT2D eigenvalue weighted by Gasteiger charge is -2.43. The van der Waals surface area contributed by atoms with Crippen LogP contribution in [0.4, 0.5) is 0 Å². The first-order chi connectivity index (χ1) is 7.84. The predicted molar refractivity (Wildman–Crippen MR) is 54.8 cm³/mol. The molecule has 0 aromatic rings. The summed E-state index contributed by atoms with van der Waals surface area (Å²) in [6.45, 7) is 0.858. The van der Waals surface area contributed by atoms with Gasteiger partial charge in [0, 0.05) is 12.3 Å². The molecular formula is C10H18O7. The number of ether oxygens (including phenoxy) is 1. The molecule has 5 unspecified atom stereocenters. The van der Waals surface area contributed by atoms with E-state index in [4.69, 9.17) is 9.84 Å². The molecule has 0 aromatic carbocycles. The van der Waals surface area contributed by atoms with Crippen molar-refractivity contribution in [2.75, 3.05) is 6.61 Å². The van der Waals surface area contributed by atoms with Crippen LogP contribution in [-0.2, 0) is 9.53 Å². The number of hydrogen-bond acceptors (Lipinski definition) is 7. The number of aliphatic hydroxyl groups excluding tert-OH is 4. The van der Waals surface area contributed by atoms with Crippen LogP contribution in [0.5, 0.6) is 0 Å². The molecule has 1 saturated heterocycles. The summed E-state index contributed by atoms with van der Waals surface area (Å²) >= 11 is 0. The van der Waals surface area contributed by atoms with Gasteiger partial charge in [-0.1, -0.05) is 6.92 Å². The molecule has 17 heavy (non-hydrogen) atoms. The third kappa shape index (κ3) is 3.01. The molecule has 5 N–H and O–H groups in total. The smallest absolute Gasteiger partial charge is 0.226 e. The van der Waals surface area contributed by atoms with Crippen LogP contribution in [0.1, 0.15) is 13.3 Å². The maximum atomic E-state index is 10.7. The number of carbonyl (C=O) groups excluding carboxylic acids is 1. The van der Waals surface area contributed by atoms with Gasteiger partial charge in [0.1, 0.15) is 12.2 Å². The van der Waals surface area contributed by atoms with Gasteiger partial charge in [-0.3, -0.25) is 4.79 Å². The van der Waals surface area contributed by atoms with E-state index in [-0.39, 0.29) is 12.7 Å². The predicted octanol–water partition coefficient (Wildman–Crippen LogP) is -2.63. The van der Waals surface area contributed by atoms with Gasteiger partial charge in [-0.05, 0) is 0 Å². The Kier molecular flexibility index (Phi) is 4.59. The Morgan fingerprint density at radius 2 is 2.12 bits per heavy atom. The van der Waals surface area contributed by atoms with E-state index in [1.807, 2.05) is 0 Å². The van der Waals surface area contributed by atoms with Crippen LogP contribution < -0.4 is 0 Å². The third-order valence-corrected chi connectivity index (χ3v) is 3.07. The fourth-order valence-corrected chi connectivity index (χ4v) is 1.88. The first-order valence-electron chi connectivity index (χ1n) is 5.36. The minimum Gasteiger partial charge on any atom is -0.394 e. The van der Waals surface area contributed by atoms with E-state index in [0.717, 1.165) is 0 Å².